The molecule has 0 amide bonds. The number of carbonyl (C=O) groups excluding carboxylic acids is 2. The molecule has 0 bridgehead atoms. The fourth-order valence-corrected chi connectivity index (χ4v) is 1.73. The Hall–Kier alpha value is -2.14. The van der Waals surface area contributed by atoms with Gasteiger partial charge in [0.2, 0.25) is 11.5 Å². The molecule has 0 spiro atoms. The lowest BCUT2D eigenvalue weighted by molar-refractivity contribution is 0.0563. The van der Waals surface area contributed by atoms with Crippen LogP contribution in [0.1, 0.15) is 26.7 Å². The number of hydrogen-bond acceptors (Lipinski definition) is 4. The molecule has 2 rings (SSSR count). The Labute approximate surface area is 112 Å². The van der Waals surface area contributed by atoms with E-state index in [2.05, 4.69) is 4.74 Å². The highest BCUT2D eigenvalue weighted by Gasteiger charge is 2.19. The van der Waals surface area contributed by atoms with Crippen LogP contribution in [0.2, 0.25) is 5.02 Å². The summed E-state index contributed by atoms with van der Waals surface area (Å²) in [5, 5.41) is -0.0268. The number of carbonyl (C=O) groups is 2. The van der Waals surface area contributed by atoms with Gasteiger partial charge in [-0.05, 0) is 30.3 Å². The van der Waals surface area contributed by atoms with E-state index in [0.717, 1.165) is 12.1 Å². The van der Waals surface area contributed by atoms with Gasteiger partial charge in [0.25, 0.3) is 0 Å². The summed E-state index contributed by atoms with van der Waals surface area (Å²) in [5.74, 6) is -1.95. The van der Waals surface area contributed by atoms with Crippen molar-refractivity contribution < 1.29 is 23.1 Å². The van der Waals surface area contributed by atoms with E-state index in [9.17, 15) is 14.0 Å². The van der Waals surface area contributed by atoms with E-state index in [1.807, 2.05) is 0 Å². The van der Waals surface area contributed by atoms with E-state index in [4.69, 9.17) is 16.0 Å². The first-order valence-corrected chi connectivity index (χ1v) is 5.58. The van der Waals surface area contributed by atoms with Crippen LogP contribution in [0.4, 0.5) is 4.39 Å². The average Bonchev–Trinajstić information content (AvgIpc) is 2.86. The molecule has 0 N–H and O–H groups in total. The van der Waals surface area contributed by atoms with Crippen LogP contribution in [0.3, 0.4) is 0 Å². The highest BCUT2D eigenvalue weighted by atomic mass is 35.5. The minimum absolute atomic E-state index is 0.0268. The lowest BCUT2D eigenvalue weighted by atomic mass is 10.1. The maximum atomic E-state index is 12.9. The smallest absolute Gasteiger partial charge is 0.373 e. The van der Waals surface area contributed by atoms with Gasteiger partial charge in [-0.3, -0.25) is 4.79 Å². The van der Waals surface area contributed by atoms with Crippen molar-refractivity contribution in [1.29, 1.82) is 0 Å². The van der Waals surface area contributed by atoms with Crippen molar-refractivity contribution in [3.63, 3.8) is 0 Å². The topological polar surface area (TPSA) is 56.5 Å². The number of methoxy groups -OCH3 is 1. The first-order chi connectivity index (χ1) is 9.02. The van der Waals surface area contributed by atoms with Crippen LogP contribution in [0.5, 0.6) is 0 Å². The zero-order valence-electron chi connectivity index (χ0n) is 9.78. The summed E-state index contributed by atoms with van der Waals surface area (Å²) in [7, 11) is 1.20. The summed E-state index contributed by atoms with van der Waals surface area (Å²) in [5.41, 5.74) is 0.0915. The summed E-state index contributed by atoms with van der Waals surface area (Å²) in [4.78, 5) is 23.2. The lowest BCUT2D eigenvalue weighted by Gasteiger charge is -2.01. The van der Waals surface area contributed by atoms with Crippen molar-refractivity contribution >= 4 is 23.4 Å². The van der Waals surface area contributed by atoms with Crippen LogP contribution in [-0.4, -0.2) is 18.9 Å². The molecule has 0 radical (unpaired) electrons. The zero-order valence-corrected chi connectivity index (χ0v) is 10.5. The quantitative estimate of drug-likeness (QED) is 0.641. The van der Waals surface area contributed by atoms with Crippen LogP contribution in [-0.2, 0) is 4.74 Å². The van der Waals surface area contributed by atoms with Crippen molar-refractivity contribution in [3.8, 4) is 0 Å². The molecule has 0 saturated carbocycles. The molecule has 2 aromatic rings. The van der Waals surface area contributed by atoms with Gasteiger partial charge in [0.1, 0.15) is 5.82 Å². The average molecular weight is 283 g/mol. The van der Waals surface area contributed by atoms with Crippen molar-refractivity contribution in [2.24, 2.45) is 0 Å². The SMILES string of the molecule is COC(=O)c1ccc(C(=O)c2ccc(F)cc2Cl)o1. The number of benzene rings is 1. The summed E-state index contributed by atoms with van der Waals surface area (Å²) in [6, 6.07) is 6.04. The van der Waals surface area contributed by atoms with Crippen LogP contribution < -0.4 is 0 Å². The molecular weight excluding hydrogens is 275 g/mol. The molecule has 0 aliphatic heterocycles. The second-order valence-corrected chi connectivity index (χ2v) is 4.02. The van der Waals surface area contributed by atoms with Crippen LogP contribution in [0.25, 0.3) is 0 Å². The molecule has 98 valence electrons. The standard InChI is InChI=1S/C13H8ClFO4/c1-18-13(17)11-5-4-10(19-11)12(16)8-3-2-7(15)6-9(8)14/h2-6H,1H3. The molecule has 0 fully saturated rings. The Morgan fingerprint density at radius 1 is 1.21 bits per heavy atom. The third-order valence-electron chi connectivity index (χ3n) is 2.39. The molecule has 19 heavy (non-hydrogen) atoms. The second-order valence-electron chi connectivity index (χ2n) is 3.61. The Kier molecular flexibility index (Phi) is 3.66. The molecule has 0 saturated heterocycles. The number of halogens is 2. The first-order valence-electron chi connectivity index (χ1n) is 5.21. The minimum atomic E-state index is -0.691. The van der Waals surface area contributed by atoms with Crippen molar-refractivity contribution in [2.45, 2.75) is 0 Å². The van der Waals surface area contributed by atoms with Gasteiger partial charge in [-0.1, -0.05) is 11.6 Å². The molecule has 1 aromatic heterocycles. The number of hydrogen-bond donors (Lipinski definition) is 0. The number of ketones is 1. The van der Waals surface area contributed by atoms with Gasteiger partial charge >= 0.3 is 5.97 Å². The third-order valence-corrected chi connectivity index (χ3v) is 2.70. The molecule has 0 unspecified atom stereocenters. The van der Waals surface area contributed by atoms with Gasteiger partial charge in [0.15, 0.2) is 5.76 Å². The maximum absolute atomic E-state index is 12.9. The van der Waals surface area contributed by atoms with Crippen molar-refractivity contribution in [3.05, 3.63) is 58.3 Å². The van der Waals surface area contributed by atoms with Crippen LogP contribution in [0.15, 0.2) is 34.7 Å². The summed E-state index contributed by atoms with van der Waals surface area (Å²) in [6.07, 6.45) is 0. The summed E-state index contributed by atoms with van der Waals surface area (Å²) in [6.45, 7) is 0. The number of ether oxygens (including phenoxy) is 1. The van der Waals surface area contributed by atoms with E-state index in [-0.39, 0.29) is 22.1 Å². The largest absolute Gasteiger partial charge is 0.463 e. The Morgan fingerprint density at radius 3 is 2.53 bits per heavy atom. The van der Waals surface area contributed by atoms with Gasteiger partial charge in [-0.15, -0.1) is 0 Å². The van der Waals surface area contributed by atoms with Gasteiger partial charge in [-0.25, -0.2) is 9.18 Å². The normalized spacial score (nSPS) is 10.3. The molecule has 0 aliphatic rings. The van der Waals surface area contributed by atoms with E-state index in [0.29, 0.717) is 0 Å². The highest BCUT2D eigenvalue weighted by Crippen LogP contribution is 2.22. The van der Waals surface area contributed by atoms with Crippen molar-refractivity contribution in [1.82, 2.24) is 0 Å². The summed E-state index contributed by atoms with van der Waals surface area (Å²) >= 11 is 5.78. The third kappa shape index (κ3) is 2.66. The maximum Gasteiger partial charge on any atom is 0.373 e. The monoisotopic (exact) mass is 282 g/mol. The molecule has 4 nitrogen and oxygen atoms in total. The molecule has 1 heterocycles. The highest BCUT2D eigenvalue weighted by molar-refractivity contribution is 6.34. The summed E-state index contributed by atoms with van der Waals surface area (Å²) < 4.78 is 22.4. The zero-order chi connectivity index (χ0) is 14.0. The van der Waals surface area contributed by atoms with Crippen LogP contribution in [0, 0.1) is 5.82 Å². The van der Waals surface area contributed by atoms with E-state index in [1.165, 1.54) is 25.3 Å². The van der Waals surface area contributed by atoms with Gasteiger partial charge < -0.3 is 9.15 Å². The fraction of sp³-hybridized carbons (Fsp3) is 0.0769. The number of esters is 1. The predicted molar refractivity (Wildman–Crippen MR) is 64.9 cm³/mol. The minimum Gasteiger partial charge on any atom is -0.463 e. The fourth-order valence-electron chi connectivity index (χ4n) is 1.48. The van der Waals surface area contributed by atoms with E-state index in [1.54, 1.807) is 0 Å². The molecular formula is C13H8ClFO4. The molecule has 1 aromatic carbocycles. The lowest BCUT2D eigenvalue weighted by Crippen LogP contribution is -2.02. The van der Waals surface area contributed by atoms with Crippen LogP contribution >= 0.6 is 11.6 Å². The predicted octanol–water partition coefficient (Wildman–Crippen LogP) is 3.09. The van der Waals surface area contributed by atoms with Gasteiger partial charge in [0.05, 0.1) is 12.1 Å². The Balaban J connectivity index is 2.34. The Morgan fingerprint density at radius 2 is 1.89 bits per heavy atom. The number of furan rings is 1. The van der Waals surface area contributed by atoms with E-state index < -0.39 is 17.6 Å². The Bertz CT molecular complexity index is 648. The van der Waals surface area contributed by atoms with E-state index >= 15 is 0 Å². The van der Waals surface area contributed by atoms with Gasteiger partial charge in [-0.2, -0.15) is 0 Å². The molecule has 0 atom stereocenters. The molecule has 6 heteroatoms. The second kappa shape index (κ2) is 5.24. The molecule has 0 aliphatic carbocycles. The first kappa shape index (κ1) is 13.3. The van der Waals surface area contributed by atoms with Gasteiger partial charge in [0, 0.05) is 5.56 Å². The van der Waals surface area contributed by atoms with Crippen molar-refractivity contribution in [2.75, 3.05) is 7.11 Å². The number of rotatable bonds is 3.